The van der Waals surface area contributed by atoms with E-state index in [2.05, 4.69) is 18.6 Å². The van der Waals surface area contributed by atoms with Crippen molar-refractivity contribution >= 4 is 29.5 Å². The predicted molar refractivity (Wildman–Crippen MR) is 74.6 cm³/mol. The molecule has 0 saturated heterocycles. The fourth-order valence-electron chi connectivity index (χ4n) is 0.997. The molecule has 1 aromatic carbocycles. The number of unbranched alkanes of at least 4 members (excludes halogenated alkanes) is 1. The summed E-state index contributed by atoms with van der Waals surface area (Å²) in [6.07, 6.45) is 1.60. The summed E-state index contributed by atoms with van der Waals surface area (Å²) in [5.74, 6) is -6.81. The zero-order valence-electron chi connectivity index (χ0n) is 12.0. The van der Waals surface area contributed by atoms with Gasteiger partial charge in [-0.05, 0) is 12.1 Å². The summed E-state index contributed by atoms with van der Waals surface area (Å²) in [7, 11) is 0. The molecule has 8 heteroatoms. The molecule has 22 heavy (non-hydrogen) atoms. The fraction of sp³-hybridized carbons (Fsp3) is 0.357. The van der Waals surface area contributed by atoms with E-state index in [1.807, 2.05) is 0 Å². The van der Waals surface area contributed by atoms with Crippen LogP contribution in [0.2, 0.25) is 5.02 Å². The second kappa shape index (κ2) is 9.83. The Morgan fingerprint density at radius 3 is 2.09 bits per heavy atom. The van der Waals surface area contributed by atoms with Crippen molar-refractivity contribution in [3.8, 4) is 0 Å². The lowest BCUT2D eigenvalue weighted by Crippen LogP contribution is -2.16. The first-order valence-corrected chi connectivity index (χ1v) is 6.72. The molecule has 0 saturated carbocycles. The van der Waals surface area contributed by atoms with E-state index in [0.29, 0.717) is 12.1 Å². The Labute approximate surface area is 130 Å². The zero-order chi connectivity index (χ0) is 17.3. The molecule has 1 aromatic rings. The molecule has 5 nitrogen and oxygen atoms in total. The van der Waals surface area contributed by atoms with E-state index in [1.54, 1.807) is 0 Å². The molecule has 0 fully saturated rings. The predicted octanol–water partition coefficient (Wildman–Crippen LogP) is 3.58. The van der Waals surface area contributed by atoms with Crippen molar-refractivity contribution in [2.24, 2.45) is 0 Å². The fourth-order valence-corrected chi connectivity index (χ4v) is 1.22. The first kappa shape index (κ1) is 20.0. The largest absolute Gasteiger partial charge is 0.481 e. The molecule has 1 rings (SSSR count). The van der Waals surface area contributed by atoms with Crippen molar-refractivity contribution in [1.82, 2.24) is 0 Å². The first-order chi connectivity index (χ1) is 10.2. The molecular weight excluding hydrogens is 322 g/mol. The van der Waals surface area contributed by atoms with E-state index in [4.69, 9.17) is 16.7 Å². The Morgan fingerprint density at radius 1 is 1.14 bits per heavy atom. The number of halogens is 3. The van der Waals surface area contributed by atoms with E-state index in [1.165, 1.54) is 12.8 Å². The molecule has 122 valence electrons. The topological polar surface area (TPSA) is 80.7 Å². The molecule has 0 bridgehead atoms. The van der Waals surface area contributed by atoms with Crippen LogP contribution in [0, 0.1) is 11.6 Å². The van der Waals surface area contributed by atoms with Crippen LogP contribution >= 0.6 is 11.6 Å². The smallest absolute Gasteiger partial charge is 0.347 e. The molecule has 0 aliphatic heterocycles. The average Bonchev–Trinajstić information content (AvgIpc) is 2.42. The van der Waals surface area contributed by atoms with Crippen molar-refractivity contribution in [2.75, 3.05) is 0 Å². The van der Waals surface area contributed by atoms with Crippen molar-refractivity contribution in [3.05, 3.63) is 34.4 Å². The highest BCUT2D eigenvalue weighted by molar-refractivity contribution is 6.33. The maximum Gasteiger partial charge on any atom is 0.347 e. The van der Waals surface area contributed by atoms with E-state index >= 15 is 0 Å². The van der Waals surface area contributed by atoms with Gasteiger partial charge in [0.15, 0.2) is 11.6 Å². The minimum absolute atomic E-state index is 0.452. The number of benzene rings is 1. The van der Waals surface area contributed by atoms with Gasteiger partial charge in [-0.15, -0.1) is 0 Å². The third kappa shape index (κ3) is 7.12. The van der Waals surface area contributed by atoms with Crippen LogP contribution in [-0.4, -0.2) is 23.0 Å². The third-order valence-corrected chi connectivity index (χ3v) is 2.54. The number of carboxylic acid groups (broad SMARTS) is 1. The maximum absolute atomic E-state index is 12.8. The Bertz CT molecular complexity index is 558. The molecule has 0 amide bonds. The molecule has 1 N–H and O–H groups in total. The minimum Gasteiger partial charge on any atom is -0.481 e. The molecule has 0 heterocycles. The summed E-state index contributed by atoms with van der Waals surface area (Å²) in [6, 6.07) is 0.989. The van der Waals surface area contributed by atoms with Gasteiger partial charge in [0.1, 0.15) is 6.42 Å². The third-order valence-electron chi connectivity index (χ3n) is 2.23. The van der Waals surface area contributed by atoms with Gasteiger partial charge in [0.05, 0.1) is 10.6 Å². The van der Waals surface area contributed by atoms with E-state index < -0.39 is 46.5 Å². The van der Waals surface area contributed by atoms with Gasteiger partial charge >= 0.3 is 17.9 Å². The van der Waals surface area contributed by atoms with Crippen LogP contribution in [0.25, 0.3) is 0 Å². The van der Waals surface area contributed by atoms with Gasteiger partial charge in [0, 0.05) is 0 Å². The van der Waals surface area contributed by atoms with Gasteiger partial charge in [-0.1, -0.05) is 38.3 Å². The SMILES string of the molecule is CCCC.O=C(O)CC(=O)OC(=O)c1cc(F)c(F)cc1Cl. The maximum atomic E-state index is 12.8. The number of rotatable bonds is 4. The molecule has 0 radical (unpaired) electrons. The quantitative estimate of drug-likeness (QED) is 0.516. The van der Waals surface area contributed by atoms with Gasteiger partial charge in [-0.3, -0.25) is 9.59 Å². The lowest BCUT2D eigenvalue weighted by molar-refractivity contribution is -0.147. The molecule has 0 atom stereocenters. The standard InChI is InChI=1S/C10H5ClF2O5.C4H10/c11-5-2-7(13)6(12)1-4(5)10(17)18-9(16)3-8(14)15;1-3-4-2/h1-2H,3H2,(H,14,15);3-4H2,1-2H3. The Hall–Kier alpha value is -2.02. The van der Waals surface area contributed by atoms with Gasteiger partial charge in [-0.25, -0.2) is 13.6 Å². The van der Waals surface area contributed by atoms with Crippen molar-refractivity contribution in [3.63, 3.8) is 0 Å². The molecule has 0 aliphatic carbocycles. The molecular formula is C14H15ClF2O5. The number of carbonyl (C=O) groups excluding carboxylic acids is 2. The molecule has 0 unspecified atom stereocenters. The number of aliphatic carboxylic acids is 1. The number of esters is 2. The summed E-state index contributed by atoms with van der Waals surface area (Å²) in [6.45, 7) is 4.36. The van der Waals surface area contributed by atoms with E-state index in [9.17, 15) is 23.2 Å². The summed E-state index contributed by atoms with van der Waals surface area (Å²) < 4.78 is 29.6. The van der Waals surface area contributed by atoms with Crippen LogP contribution < -0.4 is 0 Å². The summed E-state index contributed by atoms with van der Waals surface area (Å²) >= 11 is 5.45. The van der Waals surface area contributed by atoms with Crippen molar-refractivity contribution < 1.29 is 33.0 Å². The normalized spacial score (nSPS) is 9.50. The summed E-state index contributed by atoms with van der Waals surface area (Å²) in [5, 5.41) is 7.80. The van der Waals surface area contributed by atoms with Gasteiger partial charge in [-0.2, -0.15) is 0 Å². The molecule has 0 spiro atoms. The second-order valence-corrected chi connectivity index (χ2v) is 4.49. The van der Waals surface area contributed by atoms with Crippen LogP contribution in [0.15, 0.2) is 12.1 Å². The molecule has 0 aliphatic rings. The highest BCUT2D eigenvalue weighted by atomic mass is 35.5. The number of carbonyl (C=O) groups is 3. The Morgan fingerprint density at radius 2 is 1.64 bits per heavy atom. The first-order valence-electron chi connectivity index (χ1n) is 6.34. The Kier molecular flexibility index (Phi) is 8.93. The van der Waals surface area contributed by atoms with Crippen LogP contribution in [0.5, 0.6) is 0 Å². The van der Waals surface area contributed by atoms with Crippen LogP contribution in [0.3, 0.4) is 0 Å². The number of ether oxygens (including phenoxy) is 1. The second-order valence-electron chi connectivity index (χ2n) is 4.08. The van der Waals surface area contributed by atoms with Crippen molar-refractivity contribution in [2.45, 2.75) is 33.1 Å². The summed E-state index contributed by atoms with van der Waals surface area (Å²) in [4.78, 5) is 32.3. The number of hydrogen-bond donors (Lipinski definition) is 1. The van der Waals surface area contributed by atoms with Gasteiger partial charge < -0.3 is 9.84 Å². The van der Waals surface area contributed by atoms with Crippen LogP contribution in [0.1, 0.15) is 43.5 Å². The minimum atomic E-state index is -1.50. The van der Waals surface area contributed by atoms with Gasteiger partial charge in [0.2, 0.25) is 0 Å². The lowest BCUT2D eigenvalue weighted by Gasteiger charge is -2.04. The van der Waals surface area contributed by atoms with Gasteiger partial charge in [0.25, 0.3) is 0 Å². The number of hydrogen-bond acceptors (Lipinski definition) is 4. The monoisotopic (exact) mass is 336 g/mol. The van der Waals surface area contributed by atoms with Crippen molar-refractivity contribution in [1.29, 1.82) is 0 Å². The molecule has 0 aromatic heterocycles. The van der Waals surface area contributed by atoms with E-state index in [0.717, 1.165) is 0 Å². The average molecular weight is 337 g/mol. The zero-order valence-corrected chi connectivity index (χ0v) is 12.7. The lowest BCUT2D eigenvalue weighted by atomic mass is 10.2. The highest BCUT2D eigenvalue weighted by Crippen LogP contribution is 2.20. The van der Waals surface area contributed by atoms with Crippen LogP contribution in [0.4, 0.5) is 8.78 Å². The van der Waals surface area contributed by atoms with E-state index in [-0.39, 0.29) is 0 Å². The summed E-state index contributed by atoms with van der Waals surface area (Å²) in [5.41, 5.74) is -0.575. The number of carboxylic acids is 1. The highest BCUT2D eigenvalue weighted by Gasteiger charge is 2.20. The Balaban J connectivity index is 0.000000980. The van der Waals surface area contributed by atoms with Crippen LogP contribution in [-0.2, 0) is 14.3 Å².